The molecule has 0 aliphatic heterocycles. The zero-order chi connectivity index (χ0) is 21.6. The van der Waals surface area contributed by atoms with E-state index in [-0.39, 0.29) is 28.9 Å². The SMILES string of the molecule is COc1ccc(Nc2cc(C(F)(F)F)nc(NCCCN(C)C)n2)c([N+](=O)[O-])c1. The van der Waals surface area contributed by atoms with Crippen LogP contribution in [0.1, 0.15) is 12.1 Å². The lowest BCUT2D eigenvalue weighted by Gasteiger charge is -2.14. The highest BCUT2D eigenvalue weighted by Gasteiger charge is 2.34. The van der Waals surface area contributed by atoms with E-state index in [9.17, 15) is 23.3 Å². The number of benzene rings is 1. The lowest BCUT2D eigenvalue weighted by Crippen LogP contribution is -2.18. The van der Waals surface area contributed by atoms with Gasteiger partial charge in [-0.15, -0.1) is 0 Å². The van der Waals surface area contributed by atoms with Gasteiger partial charge in [-0.1, -0.05) is 0 Å². The van der Waals surface area contributed by atoms with Crippen LogP contribution in [0.15, 0.2) is 24.3 Å². The Morgan fingerprint density at radius 2 is 1.97 bits per heavy atom. The van der Waals surface area contributed by atoms with Gasteiger partial charge in [0.05, 0.1) is 18.1 Å². The topological polar surface area (TPSA) is 105 Å². The molecule has 1 aromatic carbocycles. The number of hydrogen-bond acceptors (Lipinski definition) is 8. The van der Waals surface area contributed by atoms with Crippen LogP contribution in [-0.4, -0.2) is 54.1 Å². The predicted octanol–water partition coefficient (Wildman–Crippen LogP) is 3.52. The van der Waals surface area contributed by atoms with Crippen molar-refractivity contribution in [3.05, 3.63) is 40.1 Å². The Morgan fingerprint density at radius 3 is 2.55 bits per heavy atom. The Hall–Kier alpha value is -3.15. The number of nitro groups is 1. The van der Waals surface area contributed by atoms with E-state index in [0.717, 1.165) is 12.6 Å². The molecular formula is C17H21F3N6O3. The molecule has 0 saturated carbocycles. The minimum atomic E-state index is -4.70. The van der Waals surface area contributed by atoms with Gasteiger partial charge in [-0.05, 0) is 39.2 Å². The van der Waals surface area contributed by atoms with Crippen LogP contribution in [0.5, 0.6) is 5.75 Å². The van der Waals surface area contributed by atoms with Crippen molar-refractivity contribution < 1.29 is 22.8 Å². The van der Waals surface area contributed by atoms with Crippen molar-refractivity contribution >= 4 is 23.1 Å². The molecule has 12 heteroatoms. The van der Waals surface area contributed by atoms with Gasteiger partial charge in [0.2, 0.25) is 5.95 Å². The van der Waals surface area contributed by atoms with E-state index in [0.29, 0.717) is 19.0 Å². The molecule has 2 aromatic rings. The molecule has 158 valence electrons. The van der Waals surface area contributed by atoms with Crippen LogP contribution >= 0.6 is 0 Å². The third kappa shape index (κ3) is 6.45. The van der Waals surface area contributed by atoms with Crippen molar-refractivity contribution in [2.45, 2.75) is 12.6 Å². The summed E-state index contributed by atoms with van der Waals surface area (Å²) in [5.41, 5.74) is -1.56. The number of aromatic nitrogens is 2. The number of nitrogens with zero attached hydrogens (tertiary/aromatic N) is 4. The summed E-state index contributed by atoms with van der Waals surface area (Å²) in [6, 6.07) is 4.63. The van der Waals surface area contributed by atoms with Crippen LogP contribution in [0.25, 0.3) is 0 Å². The summed E-state index contributed by atoms with van der Waals surface area (Å²) in [5, 5.41) is 16.6. The van der Waals surface area contributed by atoms with E-state index in [1.807, 2.05) is 19.0 Å². The standard InChI is InChI=1S/C17H21F3N6O3/c1-25(2)8-4-7-21-16-23-14(17(18,19)20)10-15(24-16)22-12-6-5-11(29-3)9-13(12)26(27)28/h5-6,9-10H,4,7-8H2,1-3H3,(H2,21,22,23,24). The first-order valence-corrected chi connectivity index (χ1v) is 8.54. The Kier molecular flexibility index (Phi) is 7.15. The molecule has 0 amide bonds. The monoisotopic (exact) mass is 414 g/mol. The fourth-order valence-corrected chi connectivity index (χ4v) is 2.36. The molecule has 0 bridgehead atoms. The minimum Gasteiger partial charge on any atom is -0.496 e. The van der Waals surface area contributed by atoms with E-state index in [4.69, 9.17) is 4.74 Å². The van der Waals surface area contributed by atoms with Crippen LogP contribution in [0.4, 0.5) is 36.3 Å². The zero-order valence-electron chi connectivity index (χ0n) is 16.1. The summed E-state index contributed by atoms with van der Waals surface area (Å²) in [6.45, 7) is 1.09. The average molecular weight is 414 g/mol. The maximum atomic E-state index is 13.2. The average Bonchev–Trinajstić information content (AvgIpc) is 2.64. The molecule has 9 nitrogen and oxygen atoms in total. The molecule has 2 rings (SSSR count). The van der Waals surface area contributed by atoms with Gasteiger partial charge >= 0.3 is 6.18 Å². The van der Waals surface area contributed by atoms with Gasteiger partial charge in [-0.3, -0.25) is 10.1 Å². The van der Waals surface area contributed by atoms with Gasteiger partial charge in [0.1, 0.15) is 17.3 Å². The number of anilines is 3. The molecule has 1 heterocycles. The van der Waals surface area contributed by atoms with Gasteiger partial charge in [-0.25, -0.2) is 4.98 Å². The van der Waals surface area contributed by atoms with Gasteiger partial charge in [0.25, 0.3) is 5.69 Å². The molecule has 0 unspecified atom stereocenters. The highest BCUT2D eigenvalue weighted by Crippen LogP contribution is 2.33. The van der Waals surface area contributed by atoms with Crippen molar-refractivity contribution in [3.63, 3.8) is 0 Å². The van der Waals surface area contributed by atoms with Gasteiger partial charge in [-0.2, -0.15) is 18.2 Å². The first-order chi connectivity index (χ1) is 13.6. The van der Waals surface area contributed by atoms with E-state index in [1.54, 1.807) is 0 Å². The smallest absolute Gasteiger partial charge is 0.433 e. The van der Waals surface area contributed by atoms with Gasteiger partial charge in [0.15, 0.2) is 5.69 Å². The van der Waals surface area contributed by atoms with Gasteiger partial charge < -0.3 is 20.3 Å². The number of rotatable bonds is 9. The third-order valence-corrected chi connectivity index (χ3v) is 3.75. The minimum absolute atomic E-state index is 0.0267. The molecule has 0 spiro atoms. The van der Waals surface area contributed by atoms with Crippen molar-refractivity contribution in [2.24, 2.45) is 0 Å². The normalized spacial score (nSPS) is 11.4. The summed E-state index contributed by atoms with van der Waals surface area (Å²) in [5.74, 6) is -0.211. The van der Waals surface area contributed by atoms with Crippen LogP contribution in [0, 0.1) is 10.1 Å². The molecule has 0 atom stereocenters. The lowest BCUT2D eigenvalue weighted by molar-refractivity contribution is -0.384. The molecule has 1 aromatic heterocycles. The first kappa shape index (κ1) is 22.1. The molecular weight excluding hydrogens is 393 g/mol. The summed E-state index contributed by atoms with van der Waals surface area (Å²) < 4.78 is 44.6. The molecule has 0 radical (unpaired) electrons. The Labute approximate surface area is 165 Å². The van der Waals surface area contributed by atoms with Crippen molar-refractivity contribution in [2.75, 3.05) is 44.9 Å². The highest BCUT2D eigenvalue weighted by molar-refractivity contribution is 5.70. The van der Waals surface area contributed by atoms with Crippen molar-refractivity contribution in [1.82, 2.24) is 14.9 Å². The maximum Gasteiger partial charge on any atom is 0.433 e. The zero-order valence-corrected chi connectivity index (χ0v) is 16.1. The molecule has 29 heavy (non-hydrogen) atoms. The van der Waals surface area contributed by atoms with Crippen LogP contribution in [0.3, 0.4) is 0 Å². The quantitative estimate of drug-likeness (QED) is 0.365. The molecule has 0 aliphatic rings. The second-order valence-electron chi connectivity index (χ2n) is 6.31. The van der Waals surface area contributed by atoms with Crippen LogP contribution in [-0.2, 0) is 6.18 Å². The number of halogens is 3. The fourth-order valence-electron chi connectivity index (χ4n) is 2.36. The third-order valence-electron chi connectivity index (χ3n) is 3.75. The second kappa shape index (κ2) is 9.37. The van der Waals surface area contributed by atoms with Gasteiger partial charge in [0, 0.05) is 12.6 Å². The second-order valence-corrected chi connectivity index (χ2v) is 6.31. The summed E-state index contributed by atoms with van der Waals surface area (Å²) in [4.78, 5) is 20.0. The predicted molar refractivity (Wildman–Crippen MR) is 102 cm³/mol. The first-order valence-electron chi connectivity index (χ1n) is 8.54. The van der Waals surface area contributed by atoms with E-state index in [1.165, 1.54) is 19.2 Å². The number of nitro benzene ring substituents is 1. The lowest BCUT2D eigenvalue weighted by atomic mass is 10.2. The Morgan fingerprint density at radius 1 is 1.24 bits per heavy atom. The largest absolute Gasteiger partial charge is 0.496 e. The molecule has 0 aliphatic carbocycles. The molecule has 0 saturated heterocycles. The molecule has 2 N–H and O–H groups in total. The number of alkyl halides is 3. The van der Waals surface area contributed by atoms with E-state index < -0.39 is 16.8 Å². The van der Waals surface area contributed by atoms with Crippen molar-refractivity contribution in [3.8, 4) is 5.75 Å². The number of methoxy groups -OCH3 is 1. The maximum absolute atomic E-state index is 13.2. The number of hydrogen-bond donors (Lipinski definition) is 2. The number of ether oxygens (including phenoxy) is 1. The molecule has 0 fully saturated rings. The Bertz CT molecular complexity index is 861. The van der Waals surface area contributed by atoms with E-state index in [2.05, 4.69) is 20.6 Å². The number of nitrogens with one attached hydrogen (secondary N) is 2. The summed E-state index contributed by atoms with van der Waals surface area (Å²) in [7, 11) is 5.11. The summed E-state index contributed by atoms with van der Waals surface area (Å²) in [6.07, 6.45) is -4.04. The highest BCUT2D eigenvalue weighted by atomic mass is 19.4. The van der Waals surface area contributed by atoms with Crippen molar-refractivity contribution in [1.29, 1.82) is 0 Å². The Balaban J connectivity index is 2.32. The summed E-state index contributed by atoms with van der Waals surface area (Å²) >= 11 is 0. The fraction of sp³-hybridized carbons (Fsp3) is 0.412. The van der Waals surface area contributed by atoms with Crippen LogP contribution in [0.2, 0.25) is 0 Å². The van der Waals surface area contributed by atoms with E-state index >= 15 is 0 Å². The van der Waals surface area contributed by atoms with Crippen LogP contribution < -0.4 is 15.4 Å².